The van der Waals surface area contributed by atoms with Gasteiger partial charge in [-0.25, -0.2) is 13.1 Å². The summed E-state index contributed by atoms with van der Waals surface area (Å²) in [6.07, 6.45) is 6.84. The van der Waals surface area contributed by atoms with Gasteiger partial charge in [-0.05, 0) is 61.8 Å². The van der Waals surface area contributed by atoms with Crippen molar-refractivity contribution in [3.63, 3.8) is 0 Å². The molecule has 0 radical (unpaired) electrons. The van der Waals surface area contributed by atoms with Gasteiger partial charge in [-0.2, -0.15) is 0 Å². The lowest BCUT2D eigenvalue weighted by Gasteiger charge is -2.45. The van der Waals surface area contributed by atoms with E-state index in [2.05, 4.69) is 16.6 Å². The first-order valence-electron chi connectivity index (χ1n) is 9.18. The zero-order valence-corrected chi connectivity index (χ0v) is 15.7. The van der Waals surface area contributed by atoms with Crippen molar-refractivity contribution in [1.29, 1.82) is 0 Å². The smallest absolute Gasteiger partial charge is 0.251 e. The van der Waals surface area contributed by atoms with Crippen molar-refractivity contribution in [2.24, 2.45) is 17.6 Å². The number of fused-ring (bicyclic) bond motifs is 2. The quantitative estimate of drug-likeness (QED) is 0.658. The summed E-state index contributed by atoms with van der Waals surface area (Å²) in [6.45, 7) is 3.65. The molecule has 4 N–H and O–H groups in total. The van der Waals surface area contributed by atoms with Crippen molar-refractivity contribution in [3.8, 4) is 0 Å². The molecule has 0 heterocycles. The number of hydrogen-bond donors (Lipinski definition) is 3. The normalized spacial score (nSPS) is 28.3. The molecule has 2 unspecified atom stereocenters. The van der Waals surface area contributed by atoms with Gasteiger partial charge in [0.05, 0.1) is 4.90 Å². The van der Waals surface area contributed by atoms with Crippen molar-refractivity contribution < 1.29 is 13.2 Å². The van der Waals surface area contributed by atoms with Gasteiger partial charge in [0.2, 0.25) is 10.0 Å². The highest BCUT2D eigenvalue weighted by molar-refractivity contribution is 7.89. The Balaban J connectivity index is 1.68. The molecular formula is C19H27N3O3S. The molecule has 142 valence electrons. The summed E-state index contributed by atoms with van der Waals surface area (Å²) in [4.78, 5) is 12.8. The van der Waals surface area contributed by atoms with Gasteiger partial charge in [0, 0.05) is 24.2 Å². The Morgan fingerprint density at radius 3 is 2.38 bits per heavy atom. The Morgan fingerprint density at radius 2 is 1.81 bits per heavy atom. The maximum absolute atomic E-state index is 12.6. The van der Waals surface area contributed by atoms with Gasteiger partial charge >= 0.3 is 0 Å². The van der Waals surface area contributed by atoms with Crippen molar-refractivity contribution in [3.05, 3.63) is 42.5 Å². The van der Waals surface area contributed by atoms with Crippen molar-refractivity contribution >= 4 is 15.9 Å². The second-order valence-electron chi connectivity index (χ2n) is 7.35. The van der Waals surface area contributed by atoms with Crippen LogP contribution in [0.1, 0.15) is 42.5 Å². The van der Waals surface area contributed by atoms with E-state index < -0.39 is 10.0 Å². The molecule has 2 atom stereocenters. The zero-order chi connectivity index (χ0) is 18.7. The Bertz CT molecular complexity index is 747. The molecule has 1 aromatic rings. The topological polar surface area (TPSA) is 101 Å². The largest absolute Gasteiger partial charge is 0.349 e. The Labute approximate surface area is 155 Å². The van der Waals surface area contributed by atoms with E-state index in [1.807, 2.05) is 0 Å². The molecule has 0 saturated heterocycles. The molecule has 0 aliphatic heterocycles. The van der Waals surface area contributed by atoms with Crippen molar-refractivity contribution in [1.82, 2.24) is 10.0 Å². The van der Waals surface area contributed by atoms with Crippen LogP contribution in [0.2, 0.25) is 0 Å². The van der Waals surface area contributed by atoms with Crippen LogP contribution in [0.5, 0.6) is 0 Å². The third-order valence-corrected chi connectivity index (χ3v) is 6.96. The van der Waals surface area contributed by atoms with Crippen LogP contribution < -0.4 is 15.8 Å². The fraction of sp³-hybridized carbons (Fsp3) is 0.526. The van der Waals surface area contributed by atoms with Crippen LogP contribution in [0.3, 0.4) is 0 Å². The molecule has 2 fully saturated rings. The van der Waals surface area contributed by atoms with Crippen LogP contribution in [0, 0.1) is 11.8 Å². The third kappa shape index (κ3) is 4.16. The van der Waals surface area contributed by atoms with Crippen molar-refractivity contribution in [2.45, 2.75) is 49.1 Å². The molecule has 1 aromatic carbocycles. The van der Waals surface area contributed by atoms with E-state index in [1.54, 1.807) is 12.1 Å². The average molecular weight is 378 g/mol. The maximum Gasteiger partial charge on any atom is 0.251 e. The van der Waals surface area contributed by atoms with Crippen LogP contribution in [0.4, 0.5) is 0 Å². The molecule has 2 saturated carbocycles. The van der Waals surface area contributed by atoms with E-state index in [0.717, 1.165) is 25.7 Å². The molecule has 2 bridgehead atoms. The van der Waals surface area contributed by atoms with E-state index in [0.29, 0.717) is 17.4 Å². The maximum atomic E-state index is 12.6. The molecule has 26 heavy (non-hydrogen) atoms. The van der Waals surface area contributed by atoms with E-state index in [9.17, 15) is 13.2 Å². The number of sulfonamides is 1. The number of rotatable bonds is 6. The highest BCUT2D eigenvalue weighted by Gasteiger charge is 2.39. The van der Waals surface area contributed by atoms with Gasteiger partial charge in [-0.3, -0.25) is 4.79 Å². The predicted molar refractivity (Wildman–Crippen MR) is 101 cm³/mol. The summed E-state index contributed by atoms with van der Waals surface area (Å²) in [5, 5.41) is 3.18. The molecule has 7 heteroatoms. The zero-order valence-electron chi connectivity index (χ0n) is 14.9. The number of carbonyl (C=O) groups is 1. The van der Waals surface area contributed by atoms with Gasteiger partial charge in [0.1, 0.15) is 0 Å². The number of nitrogens with two attached hydrogens (primary N) is 1. The minimum atomic E-state index is -3.58. The molecule has 2 aliphatic rings. The Kier molecular flexibility index (Phi) is 5.79. The van der Waals surface area contributed by atoms with Crippen molar-refractivity contribution in [2.75, 3.05) is 6.54 Å². The molecule has 1 amide bonds. The number of hydrogen-bond acceptors (Lipinski definition) is 4. The Morgan fingerprint density at radius 1 is 1.19 bits per heavy atom. The van der Waals surface area contributed by atoms with Crippen LogP contribution in [0.25, 0.3) is 0 Å². The number of benzene rings is 1. The monoisotopic (exact) mass is 377 g/mol. The van der Waals surface area contributed by atoms with Crippen LogP contribution in [-0.4, -0.2) is 33.0 Å². The first kappa shape index (κ1) is 19.1. The van der Waals surface area contributed by atoms with E-state index in [1.165, 1.54) is 24.6 Å². The van der Waals surface area contributed by atoms with E-state index in [-0.39, 0.29) is 29.4 Å². The lowest BCUT2D eigenvalue weighted by Crippen LogP contribution is -2.53. The van der Waals surface area contributed by atoms with Gasteiger partial charge in [0.15, 0.2) is 0 Å². The molecule has 3 rings (SSSR count). The standard InChI is InChI=1S/C19H27N3O3S/c1-2-10-21-26(24,25)17-8-6-13(7-9-17)19(23)22-18-14-4-3-5-15(18)12-16(20)11-14/h2,6-9,14-16,18,21H,1,3-5,10-12,20H2,(H,22,23). The summed E-state index contributed by atoms with van der Waals surface area (Å²) in [5.41, 5.74) is 6.61. The molecular weight excluding hydrogens is 350 g/mol. The van der Waals surface area contributed by atoms with Crippen LogP contribution in [0.15, 0.2) is 41.8 Å². The second-order valence-corrected chi connectivity index (χ2v) is 9.11. The predicted octanol–water partition coefficient (Wildman–Crippen LogP) is 1.79. The first-order valence-corrected chi connectivity index (χ1v) is 10.7. The van der Waals surface area contributed by atoms with Gasteiger partial charge in [-0.1, -0.05) is 12.5 Å². The lowest BCUT2D eigenvalue weighted by atomic mass is 9.67. The lowest BCUT2D eigenvalue weighted by molar-refractivity contribution is 0.0756. The third-order valence-electron chi connectivity index (χ3n) is 5.52. The van der Waals surface area contributed by atoms with Crippen LogP contribution in [-0.2, 0) is 10.0 Å². The molecule has 6 nitrogen and oxygen atoms in total. The number of carbonyl (C=O) groups excluding carboxylic acids is 1. The van der Waals surface area contributed by atoms with Gasteiger partial charge < -0.3 is 11.1 Å². The van der Waals surface area contributed by atoms with Gasteiger partial charge in [-0.15, -0.1) is 6.58 Å². The molecule has 0 aromatic heterocycles. The summed E-state index contributed by atoms with van der Waals surface area (Å²) in [5.74, 6) is 0.749. The van der Waals surface area contributed by atoms with Crippen LogP contribution >= 0.6 is 0 Å². The van der Waals surface area contributed by atoms with E-state index >= 15 is 0 Å². The second kappa shape index (κ2) is 7.90. The summed E-state index contributed by atoms with van der Waals surface area (Å²) >= 11 is 0. The fourth-order valence-electron chi connectivity index (χ4n) is 4.30. The van der Waals surface area contributed by atoms with Gasteiger partial charge in [0.25, 0.3) is 5.91 Å². The SMILES string of the molecule is C=CCNS(=O)(=O)c1ccc(C(=O)NC2C3CCCC2CC(N)C3)cc1. The summed E-state index contributed by atoms with van der Waals surface area (Å²) < 4.78 is 26.6. The highest BCUT2D eigenvalue weighted by Crippen LogP contribution is 2.39. The minimum absolute atomic E-state index is 0.136. The number of amides is 1. The average Bonchev–Trinajstić information content (AvgIpc) is 2.61. The Hall–Kier alpha value is -1.70. The summed E-state index contributed by atoms with van der Waals surface area (Å²) in [6, 6.07) is 6.44. The fourth-order valence-corrected chi connectivity index (χ4v) is 5.30. The first-order chi connectivity index (χ1) is 12.4. The molecule has 2 aliphatic carbocycles. The molecule has 0 spiro atoms. The number of nitrogens with one attached hydrogen (secondary N) is 2. The minimum Gasteiger partial charge on any atom is -0.349 e. The summed E-state index contributed by atoms with van der Waals surface area (Å²) in [7, 11) is -3.58. The highest BCUT2D eigenvalue weighted by atomic mass is 32.2. The van der Waals surface area contributed by atoms with E-state index in [4.69, 9.17) is 5.73 Å².